The van der Waals surface area contributed by atoms with Crippen molar-refractivity contribution in [2.24, 2.45) is 0 Å². The summed E-state index contributed by atoms with van der Waals surface area (Å²) in [5.74, 6) is 0.392. The average molecular weight is 442 g/mol. The second-order valence-corrected chi connectivity index (χ2v) is 8.77. The second kappa shape index (κ2) is 7.88. The van der Waals surface area contributed by atoms with E-state index in [1.807, 2.05) is 34.0 Å². The molecule has 33 heavy (non-hydrogen) atoms. The van der Waals surface area contributed by atoms with Crippen LogP contribution in [0.5, 0.6) is 0 Å². The molecule has 0 radical (unpaired) electrons. The number of hydrogen-bond acceptors (Lipinski definition) is 4. The Morgan fingerprint density at radius 3 is 2.58 bits per heavy atom. The number of pyridine rings is 1. The molecule has 1 aliphatic rings. The van der Waals surface area contributed by atoms with E-state index < -0.39 is 0 Å². The zero-order chi connectivity index (χ0) is 23.3. The van der Waals surface area contributed by atoms with E-state index in [1.54, 1.807) is 24.5 Å². The highest BCUT2D eigenvalue weighted by Gasteiger charge is 2.30. The Labute approximate surface area is 191 Å². The Balaban J connectivity index is 1.62. The maximum atomic E-state index is 11.5. The third-order valence-corrected chi connectivity index (χ3v) is 6.31. The lowest BCUT2D eigenvalue weighted by Gasteiger charge is -2.38. The van der Waals surface area contributed by atoms with Gasteiger partial charge in [-0.25, -0.2) is 0 Å². The van der Waals surface area contributed by atoms with Gasteiger partial charge in [0.05, 0.1) is 22.8 Å². The van der Waals surface area contributed by atoms with E-state index >= 15 is 0 Å². The summed E-state index contributed by atoms with van der Waals surface area (Å²) >= 11 is 0. The minimum atomic E-state index is 0.0923. The van der Waals surface area contributed by atoms with E-state index in [4.69, 9.17) is 15.9 Å². The maximum absolute atomic E-state index is 11.5. The molecule has 0 aliphatic carbocycles. The number of aryl methyl sites for hydroxylation is 1. The molecule has 1 saturated heterocycles. The predicted molar refractivity (Wildman–Crippen MR) is 127 cm³/mol. The lowest BCUT2D eigenvalue weighted by atomic mass is 10.1. The quantitative estimate of drug-likeness (QED) is 0.375. The summed E-state index contributed by atoms with van der Waals surface area (Å²) in [7, 11) is 0. The van der Waals surface area contributed by atoms with Gasteiger partial charge in [0, 0.05) is 32.8 Å². The maximum Gasteiger partial charge on any atom is 0.219 e. The van der Waals surface area contributed by atoms with Crippen LogP contribution in [0.25, 0.3) is 22.4 Å². The van der Waals surface area contributed by atoms with Crippen LogP contribution in [0.3, 0.4) is 0 Å². The minimum Gasteiger partial charge on any atom is -0.339 e. The molecule has 0 saturated carbocycles. The zero-order valence-electron chi connectivity index (χ0n) is 19.0. The van der Waals surface area contributed by atoms with E-state index in [0.717, 1.165) is 22.4 Å². The van der Waals surface area contributed by atoms with E-state index in [9.17, 15) is 4.79 Å². The number of benzene rings is 1. The van der Waals surface area contributed by atoms with Crippen LogP contribution in [0.15, 0.2) is 54.7 Å². The lowest BCUT2D eigenvalue weighted by Crippen LogP contribution is -2.50. The van der Waals surface area contributed by atoms with Gasteiger partial charge in [0.2, 0.25) is 5.91 Å². The number of carbonyl (C=O) groups is 1. The fraction of sp³-hybridized carbons (Fsp3) is 0.280. The molecule has 2 N–H and O–H groups in total. The molecule has 8 heteroatoms. The van der Waals surface area contributed by atoms with Crippen molar-refractivity contribution in [1.29, 1.82) is 10.8 Å². The lowest BCUT2D eigenvalue weighted by molar-refractivity contribution is -0.134. The topological polar surface area (TPSA) is 95.7 Å². The van der Waals surface area contributed by atoms with Crippen LogP contribution >= 0.6 is 0 Å². The van der Waals surface area contributed by atoms with E-state index in [2.05, 4.69) is 35.8 Å². The summed E-state index contributed by atoms with van der Waals surface area (Å²) in [6, 6.07) is 16.3. The van der Waals surface area contributed by atoms with Crippen molar-refractivity contribution in [2.45, 2.75) is 33.4 Å². The van der Waals surface area contributed by atoms with Crippen LogP contribution in [0.2, 0.25) is 0 Å². The number of fused-ring (bicyclic) bond motifs is 1. The number of amides is 1. The highest BCUT2D eigenvalue weighted by Crippen LogP contribution is 2.29. The Morgan fingerprint density at radius 2 is 1.88 bits per heavy atom. The minimum absolute atomic E-state index is 0.0923. The van der Waals surface area contributed by atoms with E-state index in [1.165, 1.54) is 11.1 Å². The molecule has 4 heterocycles. The van der Waals surface area contributed by atoms with Crippen molar-refractivity contribution in [3.8, 4) is 11.4 Å². The fourth-order valence-corrected chi connectivity index (χ4v) is 4.56. The first-order valence-corrected chi connectivity index (χ1v) is 11.0. The molecule has 3 aromatic heterocycles. The third-order valence-electron chi connectivity index (χ3n) is 6.31. The average Bonchev–Trinajstić information content (AvgIpc) is 3.31. The number of likely N-dealkylation sites (tertiary alicyclic amines) is 1. The SMILES string of the molecule is CC(=N)n1c(=N)ccc2c1cc(-c1ccn(C3CN(C(C)=O)C3)n1)n2Cc1cccc(C)c1. The van der Waals surface area contributed by atoms with Gasteiger partial charge in [0.25, 0.3) is 0 Å². The van der Waals surface area contributed by atoms with E-state index in [-0.39, 0.29) is 17.4 Å². The van der Waals surface area contributed by atoms with Gasteiger partial charge in [0.1, 0.15) is 17.0 Å². The van der Waals surface area contributed by atoms with Crippen LogP contribution in [0.1, 0.15) is 31.0 Å². The highest BCUT2D eigenvalue weighted by atomic mass is 16.2. The predicted octanol–water partition coefficient (Wildman–Crippen LogP) is 3.39. The monoisotopic (exact) mass is 441 g/mol. The second-order valence-electron chi connectivity index (χ2n) is 8.77. The highest BCUT2D eigenvalue weighted by molar-refractivity contribution is 5.93. The fourth-order valence-electron chi connectivity index (χ4n) is 4.56. The summed E-state index contributed by atoms with van der Waals surface area (Å²) in [6.07, 6.45) is 1.97. The molecule has 8 nitrogen and oxygen atoms in total. The molecule has 1 aromatic carbocycles. The van der Waals surface area contributed by atoms with E-state index in [0.29, 0.717) is 25.5 Å². The first-order valence-electron chi connectivity index (χ1n) is 11.0. The Morgan fingerprint density at radius 1 is 1.09 bits per heavy atom. The zero-order valence-corrected chi connectivity index (χ0v) is 19.0. The van der Waals surface area contributed by atoms with Gasteiger partial charge in [0.15, 0.2) is 0 Å². The first-order chi connectivity index (χ1) is 15.8. The summed E-state index contributed by atoms with van der Waals surface area (Å²) in [4.78, 5) is 13.4. The number of nitrogens with zero attached hydrogens (tertiary/aromatic N) is 5. The van der Waals surface area contributed by atoms with Gasteiger partial charge in [-0.2, -0.15) is 5.10 Å². The Bertz CT molecular complexity index is 1450. The van der Waals surface area contributed by atoms with Crippen LogP contribution in [0.4, 0.5) is 0 Å². The van der Waals surface area contributed by atoms with Crippen LogP contribution in [-0.2, 0) is 11.3 Å². The molecule has 1 amide bonds. The summed E-state index contributed by atoms with van der Waals surface area (Å²) in [5, 5.41) is 21.4. The Kier molecular flexibility index (Phi) is 5.00. The molecule has 0 bridgehead atoms. The first kappa shape index (κ1) is 20.9. The molecule has 0 atom stereocenters. The van der Waals surface area contributed by atoms with Gasteiger partial charge in [-0.15, -0.1) is 0 Å². The van der Waals surface area contributed by atoms with Gasteiger partial charge in [-0.1, -0.05) is 29.8 Å². The molecule has 5 rings (SSSR count). The number of aromatic nitrogens is 4. The number of carbonyl (C=O) groups excluding carboxylic acids is 1. The molecule has 168 valence electrons. The number of rotatable bonds is 4. The molecule has 1 aliphatic heterocycles. The standard InChI is InChI=1S/C25H27N7O/c1-16-5-4-6-19(11-16)13-30-22-7-8-25(27)32(17(2)26)24(22)12-23(30)21-9-10-31(28-21)20-14-29(15-20)18(3)33/h4-12,20,26-27H,13-15H2,1-3H3. The van der Waals surface area contributed by atoms with Crippen LogP contribution < -0.4 is 5.49 Å². The number of nitrogens with one attached hydrogen (secondary N) is 2. The largest absolute Gasteiger partial charge is 0.339 e. The van der Waals surface area contributed by atoms with Gasteiger partial charge >= 0.3 is 0 Å². The summed E-state index contributed by atoms with van der Waals surface area (Å²) in [5.41, 5.74) is 6.20. The van der Waals surface area contributed by atoms with Crippen molar-refractivity contribution in [3.05, 3.63) is 71.3 Å². The van der Waals surface area contributed by atoms with Gasteiger partial charge in [-0.3, -0.25) is 24.9 Å². The molecular formula is C25H27N7O. The smallest absolute Gasteiger partial charge is 0.219 e. The molecule has 4 aromatic rings. The van der Waals surface area contributed by atoms with Crippen molar-refractivity contribution >= 4 is 22.8 Å². The van der Waals surface area contributed by atoms with Gasteiger partial charge < -0.3 is 9.47 Å². The molecule has 1 fully saturated rings. The van der Waals surface area contributed by atoms with Crippen molar-refractivity contribution in [2.75, 3.05) is 13.1 Å². The van der Waals surface area contributed by atoms with Crippen molar-refractivity contribution in [1.82, 2.24) is 23.8 Å². The third kappa shape index (κ3) is 3.67. The molecule has 0 spiro atoms. The summed E-state index contributed by atoms with van der Waals surface area (Å²) in [6.45, 7) is 7.39. The molecular weight excluding hydrogens is 414 g/mol. The van der Waals surface area contributed by atoms with Crippen LogP contribution in [0, 0.1) is 17.7 Å². The normalized spacial score (nSPS) is 14.0. The van der Waals surface area contributed by atoms with Crippen molar-refractivity contribution < 1.29 is 4.79 Å². The van der Waals surface area contributed by atoms with Gasteiger partial charge in [-0.05, 0) is 43.7 Å². The molecule has 0 unspecified atom stereocenters. The van der Waals surface area contributed by atoms with Crippen molar-refractivity contribution in [3.63, 3.8) is 0 Å². The number of hydrogen-bond donors (Lipinski definition) is 2. The van der Waals surface area contributed by atoms with Crippen LogP contribution in [-0.4, -0.2) is 48.6 Å². The summed E-state index contributed by atoms with van der Waals surface area (Å²) < 4.78 is 5.80. The Hall–Kier alpha value is -3.94.